The van der Waals surface area contributed by atoms with Crippen molar-refractivity contribution < 1.29 is 4.42 Å². The predicted molar refractivity (Wildman–Crippen MR) is 137 cm³/mol. The van der Waals surface area contributed by atoms with Crippen molar-refractivity contribution in [1.29, 1.82) is 0 Å². The summed E-state index contributed by atoms with van der Waals surface area (Å²) in [5.41, 5.74) is 7.55. The van der Waals surface area contributed by atoms with E-state index < -0.39 is 0 Å². The van der Waals surface area contributed by atoms with Crippen LogP contribution < -0.4 is 0 Å². The standard InChI is InChI=1S/C31H19NO/c1-2-10-20(11-3-1)28-21-12-4-5-13-22(21)29(25-16-9-19-32-31(25)28)24-15-8-18-27-30(24)23-14-6-7-17-26(23)33-27/h1-19H. The number of rotatable bonds is 2. The average Bonchev–Trinajstić information content (AvgIpc) is 3.27. The summed E-state index contributed by atoms with van der Waals surface area (Å²) in [5.74, 6) is 0. The second kappa shape index (κ2) is 7.04. The summed E-state index contributed by atoms with van der Waals surface area (Å²) in [6.07, 6.45) is 1.89. The summed E-state index contributed by atoms with van der Waals surface area (Å²) in [6.45, 7) is 0. The van der Waals surface area contributed by atoms with Crippen LogP contribution in [0.15, 0.2) is 120 Å². The lowest BCUT2D eigenvalue weighted by Gasteiger charge is -2.17. The third kappa shape index (κ3) is 2.64. The van der Waals surface area contributed by atoms with Crippen molar-refractivity contribution in [3.05, 3.63) is 115 Å². The van der Waals surface area contributed by atoms with Crippen molar-refractivity contribution in [3.63, 3.8) is 0 Å². The molecule has 5 aromatic carbocycles. The van der Waals surface area contributed by atoms with Gasteiger partial charge in [0.25, 0.3) is 0 Å². The van der Waals surface area contributed by atoms with Gasteiger partial charge in [0.2, 0.25) is 0 Å². The molecule has 0 spiro atoms. The van der Waals surface area contributed by atoms with Gasteiger partial charge in [-0.15, -0.1) is 0 Å². The van der Waals surface area contributed by atoms with Crippen molar-refractivity contribution in [2.45, 2.75) is 0 Å². The molecule has 7 aromatic rings. The Balaban J connectivity index is 1.71. The van der Waals surface area contributed by atoms with Gasteiger partial charge in [-0.05, 0) is 45.7 Å². The second-order valence-electron chi connectivity index (χ2n) is 8.34. The molecule has 0 saturated carbocycles. The van der Waals surface area contributed by atoms with Gasteiger partial charge in [0.1, 0.15) is 11.2 Å². The Morgan fingerprint density at radius 3 is 2.00 bits per heavy atom. The minimum Gasteiger partial charge on any atom is -0.456 e. The van der Waals surface area contributed by atoms with E-state index in [0.717, 1.165) is 32.8 Å². The molecule has 7 rings (SSSR count). The van der Waals surface area contributed by atoms with E-state index in [2.05, 4.69) is 91.0 Å². The van der Waals surface area contributed by atoms with E-state index in [4.69, 9.17) is 9.40 Å². The van der Waals surface area contributed by atoms with Gasteiger partial charge >= 0.3 is 0 Å². The smallest absolute Gasteiger partial charge is 0.136 e. The molecule has 0 N–H and O–H groups in total. The van der Waals surface area contributed by atoms with Crippen LogP contribution in [0.25, 0.3) is 65.9 Å². The zero-order chi connectivity index (χ0) is 21.8. The highest BCUT2D eigenvalue weighted by atomic mass is 16.3. The summed E-state index contributed by atoms with van der Waals surface area (Å²) in [5, 5.41) is 5.85. The lowest BCUT2D eigenvalue weighted by Crippen LogP contribution is -1.92. The van der Waals surface area contributed by atoms with Crippen LogP contribution >= 0.6 is 0 Å². The molecule has 0 atom stereocenters. The summed E-state index contributed by atoms with van der Waals surface area (Å²) in [6, 6.07) is 38.1. The van der Waals surface area contributed by atoms with E-state index in [1.165, 1.54) is 33.0 Å². The molecule has 0 amide bonds. The second-order valence-corrected chi connectivity index (χ2v) is 8.34. The maximum Gasteiger partial charge on any atom is 0.136 e. The van der Waals surface area contributed by atoms with Crippen LogP contribution in [0.5, 0.6) is 0 Å². The molecule has 0 aliphatic heterocycles. The van der Waals surface area contributed by atoms with Crippen LogP contribution in [0.3, 0.4) is 0 Å². The topological polar surface area (TPSA) is 26.0 Å². The highest BCUT2D eigenvalue weighted by Crippen LogP contribution is 2.45. The summed E-state index contributed by atoms with van der Waals surface area (Å²) < 4.78 is 6.22. The van der Waals surface area contributed by atoms with Crippen molar-refractivity contribution in [2.24, 2.45) is 0 Å². The van der Waals surface area contributed by atoms with E-state index in [1.54, 1.807) is 0 Å². The van der Waals surface area contributed by atoms with Crippen molar-refractivity contribution in [3.8, 4) is 22.3 Å². The summed E-state index contributed by atoms with van der Waals surface area (Å²) >= 11 is 0. The lowest BCUT2D eigenvalue weighted by molar-refractivity contribution is 0.669. The largest absolute Gasteiger partial charge is 0.456 e. The van der Waals surface area contributed by atoms with Gasteiger partial charge in [-0.1, -0.05) is 91.0 Å². The van der Waals surface area contributed by atoms with Gasteiger partial charge in [-0.2, -0.15) is 0 Å². The zero-order valence-corrected chi connectivity index (χ0v) is 17.8. The van der Waals surface area contributed by atoms with E-state index in [-0.39, 0.29) is 0 Å². The molecule has 154 valence electrons. The molecule has 0 fully saturated rings. The van der Waals surface area contributed by atoms with Crippen molar-refractivity contribution in [2.75, 3.05) is 0 Å². The first-order valence-corrected chi connectivity index (χ1v) is 11.2. The first kappa shape index (κ1) is 18.2. The molecule has 0 unspecified atom stereocenters. The van der Waals surface area contributed by atoms with Crippen LogP contribution in [0, 0.1) is 0 Å². The first-order valence-electron chi connectivity index (χ1n) is 11.2. The van der Waals surface area contributed by atoms with Crippen LogP contribution in [-0.4, -0.2) is 4.98 Å². The number of para-hydroxylation sites is 1. The van der Waals surface area contributed by atoms with Crippen LogP contribution in [0.2, 0.25) is 0 Å². The van der Waals surface area contributed by atoms with Gasteiger partial charge in [-0.25, -0.2) is 0 Å². The number of hydrogen-bond acceptors (Lipinski definition) is 2. The fourth-order valence-electron chi connectivity index (χ4n) is 5.17. The van der Waals surface area contributed by atoms with Gasteiger partial charge in [0.15, 0.2) is 0 Å². The van der Waals surface area contributed by atoms with Gasteiger partial charge in [0.05, 0.1) is 5.52 Å². The number of hydrogen-bond donors (Lipinski definition) is 0. The Kier molecular flexibility index (Phi) is 3.88. The SMILES string of the molecule is c1ccc(-c2c3ccccc3c(-c3cccc4oc5ccccc5c34)c3cccnc23)cc1. The monoisotopic (exact) mass is 421 g/mol. The van der Waals surface area contributed by atoms with Gasteiger partial charge in [0, 0.05) is 27.9 Å². The summed E-state index contributed by atoms with van der Waals surface area (Å²) in [4.78, 5) is 4.90. The minimum atomic E-state index is 0.905. The van der Waals surface area contributed by atoms with Gasteiger partial charge < -0.3 is 4.42 Å². The normalized spacial score (nSPS) is 11.6. The Bertz CT molecular complexity index is 1760. The Hall–Kier alpha value is -4.43. The molecule has 2 aromatic heterocycles. The Morgan fingerprint density at radius 1 is 0.485 bits per heavy atom. The summed E-state index contributed by atoms with van der Waals surface area (Å²) in [7, 11) is 0. The minimum absolute atomic E-state index is 0.905. The van der Waals surface area contributed by atoms with Crippen LogP contribution in [0.4, 0.5) is 0 Å². The van der Waals surface area contributed by atoms with Crippen LogP contribution in [-0.2, 0) is 0 Å². The van der Waals surface area contributed by atoms with Gasteiger partial charge in [-0.3, -0.25) is 4.98 Å². The molecule has 0 radical (unpaired) electrons. The van der Waals surface area contributed by atoms with E-state index in [0.29, 0.717) is 0 Å². The molecule has 2 heteroatoms. The maximum absolute atomic E-state index is 6.22. The fourth-order valence-corrected chi connectivity index (χ4v) is 5.17. The van der Waals surface area contributed by atoms with E-state index in [1.807, 2.05) is 24.4 Å². The lowest BCUT2D eigenvalue weighted by atomic mass is 9.87. The highest BCUT2D eigenvalue weighted by Gasteiger charge is 2.20. The number of benzene rings is 5. The molecular formula is C31H19NO. The molecule has 33 heavy (non-hydrogen) atoms. The Labute approximate surface area is 190 Å². The highest BCUT2D eigenvalue weighted by molar-refractivity contribution is 6.24. The van der Waals surface area contributed by atoms with Crippen LogP contribution in [0.1, 0.15) is 0 Å². The number of fused-ring (bicyclic) bond motifs is 5. The number of furan rings is 1. The number of aromatic nitrogens is 1. The maximum atomic E-state index is 6.22. The third-order valence-electron chi connectivity index (χ3n) is 6.51. The molecular weight excluding hydrogens is 402 g/mol. The predicted octanol–water partition coefficient (Wildman–Crippen LogP) is 8.62. The third-order valence-corrected chi connectivity index (χ3v) is 6.51. The van der Waals surface area contributed by atoms with Crippen molar-refractivity contribution >= 4 is 43.6 Å². The molecule has 0 saturated heterocycles. The fraction of sp³-hybridized carbons (Fsp3) is 0. The average molecular weight is 421 g/mol. The number of nitrogens with zero attached hydrogens (tertiary/aromatic N) is 1. The molecule has 2 heterocycles. The Morgan fingerprint density at radius 2 is 1.15 bits per heavy atom. The zero-order valence-electron chi connectivity index (χ0n) is 17.8. The molecule has 0 aliphatic carbocycles. The number of pyridine rings is 1. The van der Waals surface area contributed by atoms with E-state index in [9.17, 15) is 0 Å². The first-order chi connectivity index (χ1) is 16.4. The molecule has 0 bridgehead atoms. The van der Waals surface area contributed by atoms with E-state index >= 15 is 0 Å². The quantitative estimate of drug-likeness (QED) is 0.261. The molecule has 0 aliphatic rings. The van der Waals surface area contributed by atoms with Crippen molar-refractivity contribution in [1.82, 2.24) is 4.98 Å². The molecule has 2 nitrogen and oxygen atoms in total.